The lowest BCUT2D eigenvalue weighted by Gasteiger charge is -2.20. The van der Waals surface area contributed by atoms with Crippen molar-refractivity contribution in [3.8, 4) is 5.75 Å². The van der Waals surface area contributed by atoms with Gasteiger partial charge in [-0.05, 0) is 42.3 Å². The van der Waals surface area contributed by atoms with Gasteiger partial charge in [0.25, 0.3) is 5.91 Å². The van der Waals surface area contributed by atoms with Crippen LogP contribution in [0, 0.1) is 6.92 Å². The summed E-state index contributed by atoms with van der Waals surface area (Å²) in [6, 6.07) is 24.1. The number of carbonyl (C=O) groups is 2. The zero-order valence-corrected chi connectivity index (χ0v) is 16.5. The average molecular weight is 388 g/mol. The monoisotopic (exact) mass is 388 g/mol. The largest absolute Gasteiger partial charge is 0.497 e. The minimum atomic E-state index is -0.328. The van der Waals surface area contributed by atoms with Gasteiger partial charge >= 0.3 is 0 Å². The van der Waals surface area contributed by atoms with E-state index in [-0.39, 0.29) is 24.4 Å². The van der Waals surface area contributed by atoms with Crippen molar-refractivity contribution in [1.29, 1.82) is 0 Å². The molecule has 148 valence electrons. The second-order valence-corrected chi connectivity index (χ2v) is 6.73. The van der Waals surface area contributed by atoms with Crippen LogP contribution in [0.1, 0.15) is 33.1 Å². The molecule has 3 rings (SSSR count). The van der Waals surface area contributed by atoms with Gasteiger partial charge in [-0.25, -0.2) is 0 Å². The first kappa shape index (κ1) is 20.1. The molecular weight excluding hydrogens is 364 g/mol. The molecule has 3 aromatic carbocycles. The molecule has 0 spiro atoms. The van der Waals surface area contributed by atoms with Gasteiger partial charge in [0.1, 0.15) is 5.75 Å². The Balaban J connectivity index is 1.69. The third kappa shape index (κ3) is 5.45. The highest BCUT2D eigenvalue weighted by atomic mass is 16.5. The zero-order chi connectivity index (χ0) is 20.6. The average Bonchev–Trinajstić information content (AvgIpc) is 2.77. The summed E-state index contributed by atoms with van der Waals surface area (Å²) >= 11 is 0. The first-order valence-corrected chi connectivity index (χ1v) is 9.40. The Morgan fingerprint density at radius 3 is 2.10 bits per heavy atom. The van der Waals surface area contributed by atoms with Crippen LogP contribution >= 0.6 is 0 Å². The minimum absolute atomic E-state index is 0.105. The highest BCUT2D eigenvalue weighted by Crippen LogP contribution is 2.24. The Hall–Kier alpha value is -3.60. The molecule has 0 aliphatic carbocycles. The quantitative estimate of drug-likeness (QED) is 0.649. The van der Waals surface area contributed by atoms with Crippen LogP contribution in [0.25, 0.3) is 0 Å². The van der Waals surface area contributed by atoms with E-state index in [1.165, 1.54) is 0 Å². The number of carbonyl (C=O) groups excluding carboxylic acids is 2. The van der Waals surface area contributed by atoms with Crippen molar-refractivity contribution >= 4 is 11.8 Å². The highest BCUT2D eigenvalue weighted by Gasteiger charge is 2.17. The molecule has 29 heavy (non-hydrogen) atoms. The van der Waals surface area contributed by atoms with E-state index in [1.54, 1.807) is 19.2 Å². The molecule has 0 saturated carbocycles. The fourth-order valence-electron chi connectivity index (χ4n) is 2.98. The van der Waals surface area contributed by atoms with Gasteiger partial charge in [0, 0.05) is 5.56 Å². The van der Waals surface area contributed by atoms with Crippen molar-refractivity contribution in [2.75, 3.05) is 13.7 Å². The molecule has 0 heterocycles. The predicted octanol–water partition coefficient (Wildman–Crippen LogP) is 3.64. The Bertz CT molecular complexity index is 952. The van der Waals surface area contributed by atoms with Gasteiger partial charge in [-0.2, -0.15) is 0 Å². The maximum Gasteiger partial charge on any atom is 0.251 e. The van der Waals surface area contributed by atoms with Crippen LogP contribution < -0.4 is 15.4 Å². The number of amides is 2. The van der Waals surface area contributed by atoms with Gasteiger partial charge < -0.3 is 15.4 Å². The number of ether oxygens (including phenoxy) is 1. The number of rotatable bonds is 7. The molecule has 5 nitrogen and oxygen atoms in total. The fraction of sp³-hybridized carbons (Fsp3) is 0.167. The summed E-state index contributed by atoms with van der Waals surface area (Å²) in [4.78, 5) is 24.8. The van der Waals surface area contributed by atoms with E-state index < -0.39 is 0 Å². The number of nitrogens with one attached hydrogen (secondary N) is 2. The lowest BCUT2D eigenvalue weighted by Crippen LogP contribution is -2.39. The first-order chi connectivity index (χ1) is 14.1. The molecule has 0 bridgehead atoms. The van der Waals surface area contributed by atoms with Gasteiger partial charge in [-0.15, -0.1) is 0 Å². The highest BCUT2D eigenvalue weighted by molar-refractivity contribution is 5.96. The molecule has 1 unspecified atom stereocenters. The van der Waals surface area contributed by atoms with Crippen molar-refractivity contribution in [2.45, 2.75) is 13.0 Å². The molecule has 0 aliphatic heterocycles. The maximum absolute atomic E-state index is 12.6. The van der Waals surface area contributed by atoms with Crippen LogP contribution in [0.3, 0.4) is 0 Å². The van der Waals surface area contributed by atoms with Crippen LogP contribution in [-0.2, 0) is 4.79 Å². The van der Waals surface area contributed by atoms with E-state index in [0.717, 1.165) is 22.4 Å². The van der Waals surface area contributed by atoms with E-state index in [2.05, 4.69) is 10.6 Å². The van der Waals surface area contributed by atoms with Crippen LogP contribution in [-0.4, -0.2) is 25.5 Å². The van der Waals surface area contributed by atoms with Gasteiger partial charge in [-0.3, -0.25) is 9.59 Å². The van der Waals surface area contributed by atoms with E-state index in [1.807, 2.05) is 73.7 Å². The van der Waals surface area contributed by atoms with Gasteiger partial charge in [0.05, 0.1) is 19.7 Å². The summed E-state index contributed by atoms with van der Waals surface area (Å²) in [5.41, 5.74) is 3.48. The van der Waals surface area contributed by atoms with E-state index in [0.29, 0.717) is 5.56 Å². The second-order valence-electron chi connectivity index (χ2n) is 6.73. The summed E-state index contributed by atoms with van der Waals surface area (Å²) in [5, 5.41) is 5.68. The van der Waals surface area contributed by atoms with Gasteiger partial charge in [0.2, 0.25) is 5.91 Å². The topological polar surface area (TPSA) is 67.4 Å². The van der Waals surface area contributed by atoms with Crippen molar-refractivity contribution in [2.24, 2.45) is 0 Å². The molecule has 2 N–H and O–H groups in total. The number of hydrogen-bond acceptors (Lipinski definition) is 3. The van der Waals surface area contributed by atoms with Crippen LogP contribution in [0.4, 0.5) is 0 Å². The van der Waals surface area contributed by atoms with Crippen LogP contribution in [0.5, 0.6) is 5.75 Å². The molecule has 0 saturated heterocycles. The SMILES string of the molecule is COc1ccc(C(NC(=O)CNC(=O)c2ccc(C)cc2)c2ccccc2)cc1. The Morgan fingerprint density at radius 1 is 0.862 bits per heavy atom. The zero-order valence-electron chi connectivity index (χ0n) is 16.5. The third-order valence-electron chi connectivity index (χ3n) is 4.61. The molecule has 0 radical (unpaired) electrons. The molecule has 3 aromatic rings. The molecular formula is C24H24N2O3. The lowest BCUT2D eigenvalue weighted by atomic mass is 9.98. The maximum atomic E-state index is 12.6. The Kier molecular flexibility index (Phi) is 6.63. The van der Waals surface area contributed by atoms with E-state index in [9.17, 15) is 9.59 Å². The van der Waals surface area contributed by atoms with Crippen molar-refractivity contribution in [3.63, 3.8) is 0 Å². The lowest BCUT2D eigenvalue weighted by molar-refractivity contribution is -0.120. The minimum Gasteiger partial charge on any atom is -0.497 e. The summed E-state index contributed by atoms with van der Waals surface area (Å²) in [6.07, 6.45) is 0. The smallest absolute Gasteiger partial charge is 0.251 e. The summed E-state index contributed by atoms with van der Waals surface area (Å²) in [5.74, 6) is 0.202. The van der Waals surface area contributed by atoms with Crippen LogP contribution in [0.15, 0.2) is 78.9 Å². The summed E-state index contributed by atoms with van der Waals surface area (Å²) in [7, 11) is 1.61. The number of benzene rings is 3. The summed E-state index contributed by atoms with van der Waals surface area (Å²) < 4.78 is 5.22. The third-order valence-corrected chi connectivity index (χ3v) is 4.61. The normalized spacial score (nSPS) is 11.4. The standard InChI is InChI=1S/C24H24N2O3/c1-17-8-10-20(11-9-17)24(28)25-16-22(27)26-23(18-6-4-3-5-7-18)19-12-14-21(29-2)15-13-19/h3-15,23H,16H2,1-2H3,(H,25,28)(H,26,27). The van der Waals surface area contributed by atoms with Gasteiger partial charge in [0.15, 0.2) is 0 Å². The van der Waals surface area contributed by atoms with Crippen molar-refractivity contribution < 1.29 is 14.3 Å². The Morgan fingerprint density at radius 2 is 1.48 bits per heavy atom. The van der Waals surface area contributed by atoms with Gasteiger partial charge in [-0.1, -0.05) is 60.2 Å². The van der Waals surface area contributed by atoms with E-state index >= 15 is 0 Å². The first-order valence-electron chi connectivity index (χ1n) is 9.40. The Labute approximate surface area is 170 Å². The van der Waals surface area contributed by atoms with Crippen LogP contribution in [0.2, 0.25) is 0 Å². The number of hydrogen-bond donors (Lipinski definition) is 2. The molecule has 0 aliphatic rings. The van der Waals surface area contributed by atoms with E-state index in [4.69, 9.17) is 4.74 Å². The number of aryl methyl sites for hydroxylation is 1. The second kappa shape index (κ2) is 9.55. The predicted molar refractivity (Wildman–Crippen MR) is 113 cm³/mol. The molecule has 0 fully saturated rings. The molecule has 5 heteroatoms. The fourth-order valence-corrected chi connectivity index (χ4v) is 2.98. The summed E-state index contributed by atoms with van der Waals surface area (Å²) in [6.45, 7) is 1.85. The van der Waals surface area contributed by atoms with Crippen molar-refractivity contribution in [1.82, 2.24) is 10.6 Å². The van der Waals surface area contributed by atoms with Crippen molar-refractivity contribution in [3.05, 3.63) is 101 Å². The molecule has 1 atom stereocenters. The molecule has 0 aromatic heterocycles. The molecule has 2 amide bonds. The number of methoxy groups -OCH3 is 1.